The molecular weight excluding hydrogens is 406 g/mol. The standard InChI is InChI=1S/C29H45N3O/c1-10-31-15-17-32(18-16-31)26(21-11-13-23(14-12-21)30(8)9)22-19-24(28(2,3)4)27(33)25(20-22)29(5,6)7/h11-14,19-20,26,33H,10,15-18H2,1-9H3. The van der Waals surface area contributed by atoms with E-state index in [4.69, 9.17) is 0 Å². The van der Waals surface area contributed by atoms with Gasteiger partial charge < -0.3 is 14.9 Å². The minimum absolute atomic E-state index is 0.139. The SMILES string of the molecule is CCN1CCN(C(c2ccc(N(C)C)cc2)c2cc(C(C)(C)C)c(O)c(C(C)(C)C)c2)CC1. The fourth-order valence-corrected chi connectivity index (χ4v) is 4.86. The number of benzene rings is 2. The van der Waals surface area contributed by atoms with Gasteiger partial charge in [-0.15, -0.1) is 0 Å². The maximum absolute atomic E-state index is 11.3. The van der Waals surface area contributed by atoms with Crippen molar-refractivity contribution in [2.45, 2.75) is 65.3 Å². The lowest BCUT2D eigenvalue weighted by molar-refractivity contribution is 0.113. The van der Waals surface area contributed by atoms with Crippen molar-refractivity contribution in [1.82, 2.24) is 9.80 Å². The normalized spacial score (nSPS) is 17.2. The van der Waals surface area contributed by atoms with E-state index in [0.29, 0.717) is 5.75 Å². The zero-order chi connectivity index (χ0) is 24.6. The third-order valence-corrected chi connectivity index (χ3v) is 7.01. The van der Waals surface area contributed by atoms with E-state index in [9.17, 15) is 5.11 Å². The molecule has 1 saturated heterocycles. The molecule has 1 aliphatic heterocycles. The lowest BCUT2D eigenvalue weighted by Gasteiger charge is -2.40. The first-order chi connectivity index (χ1) is 15.3. The molecule has 182 valence electrons. The van der Waals surface area contributed by atoms with Crippen LogP contribution in [0, 0.1) is 0 Å². The van der Waals surface area contributed by atoms with Gasteiger partial charge in [0.15, 0.2) is 0 Å². The lowest BCUT2D eigenvalue weighted by atomic mass is 9.77. The largest absolute Gasteiger partial charge is 0.507 e. The van der Waals surface area contributed by atoms with E-state index in [0.717, 1.165) is 43.9 Å². The maximum Gasteiger partial charge on any atom is 0.123 e. The minimum atomic E-state index is -0.139. The van der Waals surface area contributed by atoms with Crippen molar-refractivity contribution < 1.29 is 5.11 Å². The van der Waals surface area contributed by atoms with Crippen LogP contribution in [0.3, 0.4) is 0 Å². The monoisotopic (exact) mass is 451 g/mol. The van der Waals surface area contributed by atoms with Crippen LogP contribution in [-0.2, 0) is 10.8 Å². The van der Waals surface area contributed by atoms with E-state index in [1.54, 1.807) is 0 Å². The number of phenolic OH excluding ortho intramolecular Hbond substituents is 1. The van der Waals surface area contributed by atoms with Gasteiger partial charge in [0.25, 0.3) is 0 Å². The van der Waals surface area contributed by atoms with Crippen molar-refractivity contribution in [1.29, 1.82) is 0 Å². The predicted octanol–water partition coefficient (Wildman–Crippen LogP) is 5.78. The number of hydrogen-bond acceptors (Lipinski definition) is 4. The fourth-order valence-electron chi connectivity index (χ4n) is 4.86. The fraction of sp³-hybridized carbons (Fsp3) is 0.586. The average molecular weight is 452 g/mol. The molecule has 1 fully saturated rings. The summed E-state index contributed by atoms with van der Waals surface area (Å²) in [7, 11) is 4.17. The highest BCUT2D eigenvalue weighted by atomic mass is 16.3. The topological polar surface area (TPSA) is 30.0 Å². The van der Waals surface area contributed by atoms with Crippen LogP contribution in [0.5, 0.6) is 5.75 Å². The Bertz CT molecular complexity index is 892. The van der Waals surface area contributed by atoms with E-state index in [1.807, 2.05) is 0 Å². The Hall–Kier alpha value is -2.04. The number of nitrogens with zero attached hydrogens (tertiary/aromatic N) is 3. The predicted molar refractivity (Wildman–Crippen MR) is 142 cm³/mol. The Morgan fingerprint density at radius 3 is 1.70 bits per heavy atom. The molecule has 33 heavy (non-hydrogen) atoms. The molecular formula is C29H45N3O. The van der Waals surface area contributed by atoms with Gasteiger partial charge in [0.2, 0.25) is 0 Å². The Morgan fingerprint density at radius 1 is 0.818 bits per heavy atom. The van der Waals surface area contributed by atoms with Crippen LogP contribution in [-0.4, -0.2) is 61.7 Å². The Morgan fingerprint density at radius 2 is 1.30 bits per heavy atom. The second-order valence-corrected chi connectivity index (χ2v) is 11.8. The number of piperazine rings is 1. The number of rotatable bonds is 5. The highest BCUT2D eigenvalue weighted by Crippen LogP contribution is 2.43. The van der Waals surface area contributed by atoms with E-state index in [-0.39, 0.29) is 16.9 Å². The molecule has 0 bridgehead atoms. The molecule has 1 heterocycles. The quantitative estimate of drug-likeness (QED) is 0.624. The van der Waals surface area contributed by atoms with Crippen LogP contribution in [0.25, 0.3) is 0 Å². The van der Waals surface area contributed by atoms with E-state index < -0.39 is 0 Å². The van der Waals surface area contributed by atoms with Crippen LogP contribution in [0.4, 0.5) is 5.69 Å². The summed E-state index contributed by atoms with van der Waals surface area (Å²) in [6.45, 7) is 20.8. The van der Waals surface area contributed by atoms with Crippen molar-refractivity contribution in [3.8, 4) is 5.75 Å². The molecule has 0 saturated carbocycles. The average Bonchev–Trinajstić information content (AvgIpc) is 2.74. The van der Waals surface area contributed by atoms with Gasteiger partial charge >= 0.3 is 0 Å². The smallest absolute Gasteiger partial charge is 0.123 e. The Balaban J connectivity index is 2.17. The number of likely N-dealkylation sites (N-methyl/N-ethyl adjacent to an activating group) is 1. The molecule has 4 nitrogen and oxygen atoms in total. The molecule has 1 aliphatic rings. The molecule has 1 unspecified atom stereocenters. The highest BCUT2D eigenvalue weighted by molar-refractivity contribution is 5.53. The van der Waals surface area contributed by atoms with Crippen molar-refractivity contribution >= 4 is 5.69 Å². The van der Waals surface area contributed by atoms with Gasteiger partial charge in [0.05, 0.1) is 6.04 Å². The summed E-state index contributed by atoms with van der Waals surface area (Å²) < 4.78 is 0. The second-order valence-electron chi connectivity index (χ2n) is 11.8. The van der Waals surface area contributed by atoms with Gasteiger partial charge in [0, 0.05) is 46.0 Å². The van der Waals surface area contributed by atoms with Crippen molar-refractivity contribution in [2.24, 2.45) is 0 Å². The molecule has 1 atom stereocenters. The maximum atomic E-state index is 11.3. The summed E-state index contributed by atoms with van der Waals surface area (Å²) in [4.78, 5) is 7.30. The molecule has 3 rings (SSSR count). The summed E-state index contributed by atoms with van der Waals surface area (Å²) in [6, 6.07) is 13.7. The first-order valence-electron chi connectivity index (χ1n) is 12.4. The molecule has 0 radical (unpaired) electrons. The molecule has 4 heteroatoms. The number of aromatic hydroxyl groups is 1. The first kappa shape index (κ1) is 25.6. The summed E-state index contributed by atoms with van der Waals surface area (Å²) in [5.41, 5.74) is 5.60. The molecule has 1 N–H and O–H groups in total. The second kappa shape index (κ2) is 9.68. The first-order valence-corrected chi connectivity index (χ1v) is 12.4. The zero-order valence-electron chi connectivity index (χ0n) is 22.4. The van der Waals surface area contributed by atoms with Crippen LogP contribution < -0.4 is 4.90 Å². The highest BCUT2D eigenvalue weighted by Gasteiger charge is 2.31. The number of phenols is 1. The van der Waals surface area contributed by atoms with Crippen LogP contribution >= 0.6 is 0 Å². The van der Waals surface area contributed by atoms with Crippen LogP contribution in [0.1, 0.15) is 76.8 Å². The minimum Gasteiger partial charge on any atom is -0.507 e. The van der Waals surface area contributed by atoms with Gasteiger partial charge in [-0.3, -0.25) is 4.90 Å². The van der Waals surface area contributed by atoms with Gasteiger partial charge in [-0.1, -0.05) is 60.6 Å². The van der Waals surface area contributed by atoms with E-state index in [1.165, 1.54) is 16.8 Å². The van der Waals surface area contributed by atoms with Crippen molar-refractivity contribution in [2.75, 3.05) is 51.7 Å². The number of anilines is 1. The molecule has 0 aliphatic carbocycles. The van der Waals surface area contributed by atoms with Crippen molar-refractivity contribution in [3.63, 3.8) is 0 Å². The Labute approximate surface area is 202 Å². The van der Waals surface area contributed by atoms with E-state index in [2.05, 4.69) is 114 Å². The summed E-state index contributed by atoms with van der Waals surface area (Å²) in [5.74, 6) is 0.455. The lowest BCUT2D eigenvalue weighted by Crippen LogP contribution is -2.47. The third kappa shape index (κ3) is 5.73. The molecule has 2 aromatic rings. The number of hydrogen-bond donors (Lipinski definition) is 1. The molecule has 2 aromatic carbocycles. The summed E-state index contributed by atoms with van der Waals surface area (Å²) in [5, 5.41) is 11.3. The molecule has 0 spiro atoms. The molecule has 0 amide bonds. The van der Waals surface area contributed by atoms with Crippen molar-refractivity contribution in [3.05, 3.63) is 58.7 Å². The van der Waals surface area contributed by atoms with Crippen LogP contribution in [0.2, 0.25) is 0 Å². The summed E-state index contributed by atoms with van der Waals surface area (Å²) in [6.07, 6.45) is 0. The van der Waals surface area contributed by atoms with Gasteiger partial charge in [-0.2, -0.15) is 0 Å². The zero-order valence-corrected chi connectivity index (χ0v) is 22.4. The third-order valence-electron chi connectivity index (χ3n) is 7.01. The van der Waals surface area contributed by atoms with E-state index >= 15 is 0 Å². The van der Waals surface area contributed by atoms with Crippen LogP contribution in [0.15, 0.2) is 36.4 Å². The summed E-state index contributed by atoms with van der Waals surface area (Å²) >= 11 is 0. The molecule has 0 aromatic heterocycles. The van der Waals surface area contributed by atoms with Gasteiger partial charge in [0.1, 0.15) is 5.75 Å². The Kier molecular flexibility index (Phi) is 7.50. The van der Waals surface area contributed by atoms with Gasteiger partial charge in [-0.05, 0) is 63.9 Å². The van der Waals surface area contributed by atoms with Gasteiger partial charge in [-0.25, -0.2) is 0 Å².